The zero-order valence-corrected chi connectivity index (χ0v) is 18.7. The van der Waals surface area contributed by atoms with Crippen molar-refractivity contribution in [2.75, 3.05) is 0 Å². The summed E-state index contributed by atoms with van der Waals surface area (Å²) >= 11 is 0. The largest absolute Gasteiger partial charge is 0.507 e. The molecule has 0 aliphatic carbocycles. The van der Waals surface area contributed by atoms with Crippen LogP contribution in [0.2, 0.25) is 0 Å². The molecular formula is C29H26N2O2. The van der Waals surface area contributed by atoms with Crippen LogP contribution >= 0.6 is 0 Å². The van der Waals surface area contributed by atoms with Crippen LogP contribution in [-0.4, -0.2) is 22.6 Å². The lowest BCUT2D eigenvalue weighted by molar-refractivity contribution is 0.471. The van der Waals surface area contributed by atoms with Crippen LogP contribution in [0.15, 0.2) is 107 Å². The SMILES string of the molecule is CC(C)(c1ccc(C=Nc2ccccc2)c(O)c1)c1ccccc1N=Cc1ccccc1O. The van der Waals surface area contributed by atoms with Gasteiger partial charge in [0.15, 0.2) is 0 Å². The predicted octanol–water partition coefficient (Wildman–Crippen LogP) is 6.92. The first kappa shape index (κ1) is 22.0. The number of hydrogen-bond donors (Lipinski definition) is 2. The highest BCUT2D eigenvalue weighted by atomic mass is 16.3. The summed E-state index contributed by atoms with van der Waals surface area (Å²) in [6.07, 6.45) is 3.34. The number of phenolic OH excluding ortho intramolecular Hbond substituents is 2. The number of rotatable bonds is 6. The molecule has 4 aromatic carbocycles. The Labute approximate surface area is 194 Å². The summed E-state index contributed by atoms with van der Waals surface area (Å²) in [5.74, 6) is 0.367. The molecule has 4 rings (SSSR count). The van der Waals surface area contributed by atoms with E-state index in [1.807, 2.05) is 78.9 Å². The second-order valence-corrected chi connectivity index (χ2v) is 8.33. The highest BCUT2D eigenvalue weighted by Crippen LogP contribution is 2.39. The zero-order valence-electron chi connectivity index (χ0n) is 18.7. The molecule has 4 nitrogen and oxygen atoms in total. The fourth-order valence-corrected chi connectivity index (χ4v) is 3.71. The van der Waals surface area contributed by atoms with Crippen molar-refractivity contribution in [3.8, 4) is 11.5 Å². The van der Waals surface area contributed by atoms with Gasteiger partial charge in [0, 0.05) is 29.0 Å². The van der Waals surface area contributed by atoms with Gasteiger partial charge in [-0.2, -0.15) is 0 Å². The van der Waals surface area contributed by atoms with Crippen molar-refractivity contribution in [3.63, 3.8) is 0 Å². The third-order valence-corrected chi connectivity index (χ3v) is 5.72. The van der Waals surface area contributed by atoms with Gasteiger partial charge in [0.1, 0.15) is 11.5 Å². The molecule has 0 unspecified atom stereocenters. The van der Waals surface area contributed by atoms with Gasteiger partial charge in [-0.25, -0.2) is 0 Å². The first-order valence-corrected chi connectivity index (χ1v) is 10.8. The Kier molecular flexibility index (Phi) is 6.36. The van der Waals surface area contributed by atoms with Crippen molar-refractivity contribution in [1.82, 2.24) is 0 Å². The Balaban J connectivity index is 1.64. The van der Waals surface area contributed by atoms with E-state index in [0.29, 0.717) is 11.1 Å². The van der Waals surface area contributed by atoms with Gasteiger partial charge in [0.2, 0.25) is 0 Å². The molecule has 0 saturated carbocycles. The molecule has 0 amide bonds. The lowest BCUT2D eigenvalue weighted by Gasteiger charge is -2.28. The summed E-state index contributed by atoms with van der Waals surface area (Å²) in [6, 6.07) is 30.3. The fraction of sp³-hybridized carbons (Fsp3) is 0.103. The van der Waals surface area contributed by atoms with E-state index >= 15 is 0 Å². The molecule has 0 bridgehead atoms. The van der Waals surface area contributed by atoms with Gasteiger partial charge < -0.3 is 10.2 Å². The van der Waals surface area contributed by atoms with Gasteiger partial charge in [0.25, 0.3) is 0 Å². The van der Waals surface area contributed by atoms with Gasteiger partial charge in [-0.3, -0.25) is 9.98 Å². The number of aromatic hydroxyl groups is 2. The minimum Gasteiger partial charge on any atom is -0.507 e. The Hall–Kier alpha value is -4.18. The summed E-state index contributed by atoms with van der Waals surface area (Å²) in [7, 11) is 0. The van der Waals surface area contributed by atoms with Gasteiger partial charge in [-0.15, -0.1) is 0 Å². The van der Waals surface area contributed by atoms with Crippen molar-refractivity contribution >= 4 is 23.8 Å². The number of aliphatic imine (C=N–C) groups is 2. The van der Waals surface area contributed by atoms with Crippen LogP contribution in [-0.2, 0) is 5.41 Å². The predicted molar refractivity (Wildman–Crippen MR) is 136 cm³/mol. The highest BCUT2D eigenvalue weighted by Gasteiger charge is 2.26. The second-order valence-electron chi connectivity index (χ2n) is 8.33. The Morgan fingerprint density at radius 1 is 0.636 bits per heavy atom. The molecule has 2 N–H and O–H groups in total. The molecule has 4 aromatic rings. The topological polar surface area (TPSA) is 65.2 Å². The Bertz CT molecular complexity index is 1310. The van der Waals surface area contributed by atoms with Crippen molar-refractivity contribution in [2.45, 2.75) is 19.3 Å². The van der Waals surface area contributed by atoms with Crippen LogP contribution in [0.3, 0.4) is 0 Å². The molecule has 33 heavy (non-hydrogen) atoms. The van der Waals surface area contributed by atoms with E-state index in [4.69, 9.17) is 0 Å². The molecule has 0 fully saturated rings. The molecule has 0 atom stereocenters. The number of nitrogens with zero attached hydrogens (tertiary/aromatic N) is 2. The molecule has 0 aliphatic heterocycles. The van der Waals surface area contributed by atoms with Crippen molar-refractivity contribution < 1.29 is 10.2 Å². The van der Waals surface area contributed by atoms with Crippen LogP contribution in [0.1, 0.15) is 36.1 Å². The van der Waals surface area contributed by atoms with E-state index in [2.05, 4.69) is 23.8 Å². The monoisotopic (exact) mass is 434 g/mol. The van der Waals surface area contributed by atoms with E-state index in [-0.39, 0.29) is 11.5 Å². The number of phenols is 2. The second kappa shape index (κ2) is 9.53. The Morgan fingerprint density at radius 2 is 1.27 bits per heavy atom. The number of hydrogen-bond acceptors (Lipinski definition) is 4. The van der Waals surface area contributed by atoms with E-state index in [0.717, 1.165) is 22.5 Å². The summed E-state index contributed by atoms with van der Waals surface area (Å²) in [5, 5.41) is 20.7. The van der Waals surface area contributed by atoms with Crippen LogP contribution in [0, 0.1) is 0 Å². The van der Waals surface area contributed by atoms with Crippen molar-refractivity contribution in [2.24, 2.45) is 9.98 Å². The van der Waals surface area contributed by atoms with Crippen LogP contribution in [0.25, 0.3) is 0 Å². The Morgan fingerprint density at radius 3 is 2.03 bits per heavy atom. The molecule has 0 aliphatic rings. The van der Waals surface area contributed by atoms with E-state index in [1.165, 1.54) is 0 Å². The summed E-state index contributed by atoms with van der Waals surface area (Å²) in [5.41, 5.74) is 4.51. The smallest absolute Gasteiger partial charge is 0.124 e. The molecule has 0 heterocycles. The van der Waals surface area contributed by atoms with Crippen molar-refractivity contribution in [3.05, 3.63) is 119 Å². The molecule has 4 heteroatoms. The third-order valence-electron chi connectivity index (χ3n) is 5.72. The van der Waals surface area contributed by atoms with Crippen LogP contribution in [0.5, 0.6) is 11.5 Å². The average Bonchev–Trinajstić information content (AvgIpc) is 2.83. The van der Waals surface area contributed by atoms with Gasteiger partial charge in [-0.1, -0.05) is 68.4 Å². The molecule has 0 saturated heterocycles. The molecular weight excluding hydrogens is 408 g/mol. The lowest BCUT2D eigenvalue weighted by atomic mass is 9.77. The highest BCUT2D eigenvalue weighted by molar-refractivity contribution is 5.86. The van der Waals surface area contributed by atoms with E-state index in [1.54, 1.807) is 30.6 Å². The fourth-order valence-electron chi connectivity index (χ4n) is 3.71. The maximum atomic E-state index is 10.7. The quantitative estimate of drug-likeness (QED) is 0.323. The van der Waals surface area contributed by atoms with Gasteiger partial charge in [-0.05, 0) is 53.6 Å². The third kappa shape index (κ3) is 5.01. The number of para-hydroxylation sites is 3. The first-order chi connectivity index (χ1) is 15.9. The molecule has 164 valence electrons. The summed E-state index contributed by atoms with van der Waals surface area (Å²) in [6.45, 7) is 4.21. The minimum atomic E-state index is -0.417. The van der Waals surface area contributed by atoms with Crippen molar-refractivity contribution in [1.29, 1.82) is 0 Å². The van der Waals surface area contributed by atoms with Crippen LogP contribution in [0.4, 0.5) is 11.4 Å². The van der Waals surface area contributed by atoms with E-state index < -0.39 is 5.41 Å². The average molecular weight is 435 g/mol. The lowest BCUT2D eigenvalue weighted by Crippen LogP contribution is -2.19. The standard InChI is InChI=1S/C29H26N2O2/c1-29(2,23-17-16-22(28(33)18-23)19-30-24-11-4-3-5-12-24)25-13-7-8-14-26(25)31-20-21-10-6-9-15-27(21)32/h3-20,32-33H,1-2H3. The normalized spacial score (nSPS) is 11.9. The molecule has 0 spiro atoms. The first-order valence-electron chi connectivity index (χ1n) is 10.8. The van der Waals surface area contributed by atoms with Gasteiger partial charge >= 0.3 is 0 Å². The van der Waals surface area contributed by atoms with Gasteiger partial charge in [0.05, 0.1) is 11.4 Å². The summed E-state index contributed by atoms with van der Waals surface area (Å²) in [4.78, 5) is 9.10. The zero-order chi connectivity index (χ0) is 23.3. The number of benzene rings is 4. The van der Waals surface area contributed by atoms with E-state index in [9.17, 15) is 10.2 Å². The molecule has 0 radical (unpaired) electrons. The summed E-state index contributed by atoms with van der Waals surface area (Å²) < 4.78 is 0. The maximum Gasteiger partial charge on any atom is 0.124 e. The van der Waals surface area contributed by atoms with Crippen LogP contribution < -0.4 is 0 Å². The minimum absolute atomic E-state index is 0.176. The maximum absolute atomic E-state index is 10.7. The molecule has 0 aromatic heterocycles.